The molecule has 9 heavy (non-hydrogen) atoms. The molecule has 0 aromatic carbocycles. The lowest BCUT2D eigenvalue weighted by molar-refractivity contribution is 0.0676. The Morgan fingerprint density at radius 3 is 1.78 bits per heavy atom. The summed E-state index contributed by atoms with van der Waals surface area (Å²) in [4.78, 5) is 0. The molecule has 0 spiro atoms. The van der Waals surface area contributed by atoms with Crippen LogP contribution in [0, 0.1) is 5.41 Å². The van der Waals surface area contributed by atoms with Crippen LogP contribution in [-0.4, -0.2) is 31.3 Å². The Bertz CT molecular complexity index is 53.9. The molecule has 0 fully saturated rings. The molecule has 0 saturated carbocycles. The van der Waals surface area contributed by atoms with Crippen molar-refractivity contribution >= 4 is 7.85 Å². The van der Waals surface area contributed by atoms with Gasteiger partial charge in [0.1, 0.15) is 0 Å². The number of aliphatic hydroxyl groups is 2. The van der Waals surface area contributed by atoms with E-state index >= 15 is 0 Å². The van der Waals surface area contributed by atoms with Crippen LogP contribution < -0.4 is 0 Å². The van der Waals surface area contributed by atoms with E-state index in [-0.39, 0.29) is 13.2 Å². The average Bonchev–Trinajstić information content (AvgIpc) is 1.95. The van der Waals surface area contributed by atoms with E-state index in [9.17, 15) is 0 Å². The predicted octanol–water partition coefficient (Wildman–Crippen LogP) is -0.0458. The molecule has 0 amide bonds. The van der Waals surface area contributed by atoms with E-state index in [0.717, 1.165) is 6.42 Å². The second-order valence-corrected chi connectivity index (χ2v) is 2.37. The number of hydrogen-bond acceptors (Lipinski definition) is 2. The van der Waals surface area contributed by atoms with Gasteiger partial charge in [0.25, 0.3) is 0 Å². The first-order valence-electron chi connectivity index (χ1n) is 3.16. The second kappa shape index (κ2) is 3.91. The third-order valence-electron chi connectivity index (χ3n) is 1.85. The topological polar surface area (TPSA) is 40.5 Å². The Labute approximate surface area is 57.3 Å². The van der Waals surface area contributed by atoms with Gasteiger partial charge in [-0.25, -0.2) is 0 Å². The van der Waals surface area contributed by atoms with Gasteiger partial charge in [0, 0.05) is 5.41 Å². The second-order valence-electron chi connectivity index (χ2n) is 2.37. The normalized spacial score (nSPS) is 11.9. The van der Waals surface area contributed by atoms with E-state index in [2.05, 4.69) is 0 Å². The van der Waals surface area contributed by atoms with Crippen molar-refractivity contribution in [1.82, 2.24) is 0 Å². The van der Waals surface area contributed by atoms with Gasteiger partial charge in [0.15, 0.2) is 0 Å². The molecule has 2 radical (unpaired) electrons. The van der Waals surface area contributed by atoms with E-state index in [4.69, 9.17) is 18.1 Å². The van der Waals surface area contributed by atoms with Gasteiger partial charge in [0.2, 0.25) is 0 Å². The van der Waals surface area contributed by atoms with Crippen LogP contribution in [0.2, 0.25) is 6.32 Å². The number of rotatable bonds is 4. The zero-order valence-corrected chi connectivity index (χ0v) is 5.80. The zero-order valence-electron chi connectivity index (χ0n) is 5.80. The van der Waals surface area contributed by atoms with Gasteiger partial charge in [0.05, 0.1) is 21.1 Å². The smallest absolute Gasteiger partial charge is 0.0662 e. The van der Waals surface area contributed by atoms with E-state index < -0.39 is 5.41 Å². The first-order chi connectivity index (χ1) is 4.24. The maximum atomic E-state index is 8.74. The molecule has 3 heteroatoms. The fourth-order valence-corrected chi connectivity index (χ4v) is 0.547. The lowest BCUT2D eigenvalue weighted by Gasteiger charge is -2.26. The molecule has 52 valence electrons. The third kappa shape index (κ3) is 1.99. The quantitative estimate of drug-likeness (QED) is 0.521. The molecule has 0 atom stereocenters. The fourth-order valence-electron chi connectivity index (χ4n) is 0.547. The summed E-state index contributed by atoms with van der Waals surface area (Å²) in [7, 11) is 5.32. The van der Waals surface area contributed by atoms with Crippen molar-refractivity contribution in [1.29, 1.82) is 0 Å². The highest BCUT2D eigenvalue weighted by molar-refractivity contribution is 6.09. The predicted molar refractivity (Wildman–Crippen MR) is 37.5 cm³/mol. The molecule has 0 aliphatic carbocycles. The first kappa shape index (κ1) is 8.98. The van der Waals surface area contributed by atoms with E-state index in [1.807, 2.05) is 6.92 Å². The minimum Gasteiger partial charge on any atom is -0.396 e. The number of aliphatic hydroxyl groups excluding tert-OH is 2. The molecular formula is C6H13BO2. The molecule has 0 unspecified atom stereocenters. The van der Waals surface area contributed by atoms with Crippen molar-refractivity contribution in [3.63, 3.8) is 0 Å². The van der Waals surface area contributed by atoms with Crippen molar-refractivity contribution < 1.29 is 10.2 Å². The van der Waals surface area contributed by atoms with E-state index in [1.54, 1.807) is 0 Å². The van der Waals surface area contributed by atoms with Crippen molar-refractivity contribution in [2.24, 2.45) is 5.41 Å². The Hall–Kier alpha value is -0.0151. The molecule has 2 nitrogen and oxygen atoms in total. The van der Waals surface area contributed by atoms with Crippen LogP contribution in [0.3, 0.4) is 0 Å². The summed E-state index contributed by atoms with van der Waals surface area (Å²) in [6, 6.07) is 0. The van der Waals surface area contributed by atoms with Crippen LogP contribution in [0.25, 0.3) is 0 Å². The van der Waals surface area contributed by atoms with E-state index in [1.165, 1.54) is 0 Å². The maximum Gasteiger partial charge on any atom is 0.0662 e. The van der Waals surface area contributed by atoms with Crippen LogP contribution >= 0.6 is 0 Å². The maximum absolute atomic E-state index is 8.74. The van der Waals surface area contributed by atoms with Crippen LogP contribution in [0.15, 0.2) is 0 Å². The van der Waals surface area contributed by atoms with Gasteiger partial charge in [-0.3, -0.25) is 0 Å². The molecular weight excluding hydrogens is 115 g/mol. The summed E-state index contributed by atoms with van der Waals surface area (Å²) in [5, 5.41) is 17.5. The first-order valence-corrected chi connectivity index (χ1v) is 3.16. The summed E-state index contributed by atoms with van der Waals surface area (Å²) in [6.45, 7) is 1.84. The largest absolute Gasteiger partial charge is 0.396 e. The van der Waals surface area contributed by atoms with Gasteiger partial charge >= 0.3 is 0 Å². The summed E-state index contributed by atoms with van der Waals surface area (Å²) in [5.41, 5.74) is -0.444. The highest BCUT2D eigenvalue weighted by Gasteiger charge is 2.22. The minimum absolute atomic E-state index is 0.0312. The van der Waals surface area contributed by atoms with Gasteiger partial charge in [-0.1, -0.05) is 13.2 Å². The van der Waals surface area contributed by atoms with Crippen molar-refractivity contribution in [3.05, 3.63) is 0 Å². The van der Waals surface area contributed by atoms with Crippen LogP contribution in [0.1, 0.15) is 13.3 Å². The Morgan fingerprint density at radius 1 is 1.33 bits per heavy atom. The molecule has 0 bridgehead atoms. The highest BCUT2D eigenvalue weighted by atomic mass is 16.3. The summed E-state index contributed by atoms with van der Waals surface area (Å²) in [6.07, 6.45) is 1.06. The van der Waals surface area contributed by atoms with Crippen molar-refractivity contribution in [2.75, 3.05) is 13.2 Å². The number of hydrogen-bond donors (Lipinski definition) is 2. The lowest BCUT2D eigenvalue weighted by Crippen LogP contribution is -2.28. The molecule has 2 N–H and O–H groups in total. The molecule has 0 aromatic rings. The molecule has 0 aliphatic heterocycles. The summed E-state index contributed by atoms with van der Waals surface area (Å²) < 4.78 is 0. The monoisotopic (exact) mass is 128 g/mol. The molecule has 0 rings (SSSR count). The summed E-state index contributed by atoms with van der Waals surface area (Å²) >= 11 is 0. The molecule has 0 saturated heterocycles. The zero-order chi connectivity index (χ0) is 7.33. The Morgan fingerprint density at radius 2 is 1.78 bits per heavy atom. The molecule has 0 aliphatic rings. The van der Waals surface area contributed by atoms with Crippen LogP contribution in [0.5, 0.6) is 0 Å². The Kier molecular flexibility index (Phi) is 3.90. The van der Waals surface area contributed by atoms with E-state index in [0.29, 0.717) is 6.32 Å². The third-order valence-corrected chi connectivity index (χ3v) is 1.85. The van der Waals surface area contributed by atoms with Crippen LogP contribution in [0.4, 0.5) is 0 Å². The minimum atomic E-state index is -0.444. The molecule has 0 aromatic heterocycles. The Balaban J connectivity index is 3.82. The standard InChI is InChI=1S/C6H13BO2/c1-2-6(3-7,4-8)5-9/h8-9H,2-5H2,1H3. The van der Waals surface area contributed by atoms with Gasteiger partial charge in [-0.2, -0.15) is 0 Å². The average molecular weight is 128 g/mol. The highest BCUT2D eigenvalue weighted by Crippen LogP contribution is 2.23. The lowest BCUT2D eigenvalue weighted by atomic mass is 9.75. The van der Waals surface area contributed by atoms with Gasteiger partial charge < -0.3 is 10.2 Å². The fraction of sp³-hybridized carbons (Fsp3) is 1.00. The SMILES string of the molecule is [B]CC(CC)(CO)CO. The van der Waals surface area contributed by atoms with Crippen molar-refractivity contribution in [3.8, 4) is 0 Å². The molecule has 0 heterocycles. The van der Waals surface area contributed by atoms with Gasteiger partial charge in [-0.15, -0.1) is 0 Å². The van der Waals surface area contributed by atoms with Crippen LogP contribution in [-0.2, 0) is 0 Å². The summed E-state index contributed by atoms with van der Waals surface area (Å²) in [5.74, 6) is 0. The van der Waals surface area contributed by atoms with Gasteiger partial charge in [-0.05, 0) is 6.42 Å². The van der Waals surface area contributed by atoms with Crippen molar-refractivity contribution in [2.45, 2.75) is 19.7 Å².